The van der Waals surface area contributed by atoms with Crippen LogP contribution in [-0.2, 0) is 6.54 Å². The second kappa shape index (κ2) is 4.23. The standard InChI is InChI=1S/C13H14N2O/c1-10-7-13(16)15(9-12(10)14)8-11-5-3-2-4-6-11/h2-7,9H,8,14H2,1H3. The van der Waals surface area contributed by atoms with E-state index >= 15 is 0 Å². The van der Waals surface area contributed by atoms with Crippen LogP contribution in [0.1, 0.15) is 11.1 Å². The topological polar surface area (TPSA) is 48.0 Å². The molecule has 0 saturated carbocycles. The predicted octanol–water partition coefficient (Wildman–Crippen LogP) is 1.79. The van der Waals surface area contributed by atoms with Crippen LogP contribution in [0.5, 0.6) is 0 Å². The van der Waals surface area contributed by atoms with Crippen LogP contribution in [-0.4, -0.2) is 4.57 Å². The lowest BCUT2D eigenvalue weighted by Crippen LogP contribution is -2.20. The maximum atomic E-state index is 11.7. The van der Waals surface area contributed by atoms with Gasteiger partial charge < -0.3 is 10.3 Å². The lowest BCUT2D eigenvalue weighted by molar-refractivity contribution is 0.759. The number of rotatable bonds is 2. The Kier molecular flexibility index (Phi) is 2.77. The van der Waals surface area contributed by atoms with Crippen LogP contribution in [0.2, 0.25) is 0 Å². The monoisotopic (exact) mass is 214 g/mol. The summed E-state index contributed by atoms with van der Waals surface area (Å²) in [5.74, 6) is 0. The molecular weight excluding hydrogens is 200 g/mol. The van der Waals surface area contributed by atoms with Crippen molar-refractivity contribution in [1.82, 2.24) is 4.57 Å². The molecule has 82 valence electrons. The zero-order valence-electron chi connectivity index (χ0n) is 9.18. The number of aryl methyl sites for hydroxylation is 1. The highest BCUT2D eigenvalue weighted by atomic mass is 16.1. The zero-order chi connectivity index (χ0) is 11.5. The number of nitrogens with zero attached hydrogens (tertiary/aromatic N) is 1. The van der Waals surface area contributed by atoms with Gasteiger partial charge in [-0.3, -0.25) is 4.79 Å². The van der Waals surface area contributed by atoms with Crippen LogP contribution in [0.15, 0.2) is 47.4 Å². The van der Waals surface area contributed by atoms with Crippen LogP contribution in [0.25, 0.3) is 0 Å². The molecule has 0 saturated heterocycles. The molecule has 0 radical (unpaired) electrons. The van der Waals surface area contributed by atoms with Gasteiger partial charge in [-0.05, 0) is 18.1 Å². The fourth-order valence-corrected chi connectivity index (χ4v) is 1.59. The van der Waals surface area contributed by atoms with E-state index in [4.69, 9.17) is 5.73 Å². The Morgan fingerprint density at radius 2 is 1.94 bits per heavy atom. The number of pyridine rings is 1. The Morgan fingerprint density at radius 1 is 1.25 bits per heavy atom. The van der Waals surface area contributed by atoms with Crippen molar-refractivity contribution >= 4 is 5.69 Å². The smallest absolute Gasteiger partial charge is 0.251 e. The van der Waals surface area contributed by atoms with Crippen molar-refractivity contribution in [2.75, 3.05) is 5.73 Å². The number of nitrogen functional groups attached to an aromatic ring is 1. The first-order valence-electron chi connectivity index (χ1n) is 5.17. The second-order valence-electron chi connectivity index (χ2n) is 3.86. The van der Waals surface area contributed by atoms with Crippen molar-refractivity contribution in [2.24, 2.45) is 0 Å². The van der Waals surface area contributed by atoms with Gasteiger partial charge in [0.25, 0.3) is 5.56 Å². The van der Waals surface area contributed by atoms with E-state index < -0.39 is 0 Å². The summed E-state index contributed by atoms with van der Waals surface area (Å²) in [4.78, 5) is 11.7. The van der Waals surface area contributed by atoms with E-state index in [0.717, 1.165) is 11.1 Å². The minimum Gasteiger partial charge on any atom is -0.397 e. The lowest BCUT2D eigenvalue weighted by Gasteiger charge is -2.08. The normalized spacial score (nSPS) is 10.3. The number of hydrogen-bond acceptors (Lipinski definition) is 2. The van der Waals surface area contributed by atoms with Crippen molar-refractivity contribution in [3.63, 3.8) is 0 Å². The van der Waals surface area contributed by atoms with Gasteiger partial charge in [0.05, 0.1) is 12.2 Å². The summed E-state index contributed by atoms with van der Waals surface area (Å²) < 4.78 is 1.62. The van der Waals surface area contributed by atoms with E-state index in [1.54, 1.807) is 16.8 Å². The quantitative estimate of drug-likeness (QED) is 0.828. The molecule has 2 aromatic rings. The van der Waals surface area contributed by atoms with E-state index in [9.17, 15) is 4.79 Å². The van der Waals surface area contributed by atoms with E-state index in [-0.39, 0.29) is 5.56 Å². The van der Waals surface area contributed by atoms with E-state index in [1.807, 2.05) is 37.3 Å². The third kappa shape index (κ3) is 2.14. The van der Waals surface area contributed by atoms with Crippen molar-refractivity contribution in [1.29, 1.82) is 0 Å². The summed E-state index contributed by atoms with van der Waals surface area (Å²) in [7, 11) is 0. The predicted molar refractivity (Wildman–Crippen MR) is 65.4 cm³/mol. The van der Waals surface area contributed by atoms with Gasteiger partial charge in [-0.2, -0.15) is 0 Å². The molecule has 0 spiro atoms. The summed E-state index contributed by atoms with van der Waals surface area (Å²) in [6.45, 7) is 2.40. The average Bonchev–Trinajstić information content (AvgIpc) is 2.27. The number of aromatic nitrogens is 1. The highest BCUT2D eigenvalue weighted by Gasteiger charge is 2.01. The van der Waals surface area contributed by atoms with E-state index in [0.29, 0.717) is 12.2 Å². The molecule has 16 heavy (non-hydrogen) atoms. The fraction of sp³-hybridized carbons (Fsp3) is 0.154. The molecule has 2 rings (SSSR count). The Bertz CT molecular complexity index is 544. The van der Waals surface area contributed by atoms with Crippen molar-refractivity contribution < 1.29 is 0 Å². The van der Waals surface area contributed by atoms with Gasteiger partial charge in [0.15, 0.2) is 0 Å². The Labute approximate surface area is 94.1 Å². The molecule has 3 nitrogen and oxygen atoms in total. The molecule has 1 heterocycles. The van der Waals surface area contributed by atoms with Gasteiger partial charge in [-0.1, -0.05) is 30.3 Å². The number of benzene rings is 1. The van der Waals surface area contributed by atoms with Gasteiger partial charge >= 0.3 is 0 Å². The molecule has 0 unspecified atom stereocenters. The molecule has 1 aromatic carbocycles. The van der Waals surface area contributed by atoms with Crippen LogP contribution >= 0.6 is 0 Å². The van der Waals surface area contributed by atoms with Crippen LogP contribution < -0.4 is 11.3 Å². The summed E-state index contributed by atoms with van der Waals surface area (Å²) in [6.07, 6.45) is 1.70. The Morgan fingerprint density at radius 3 is 2.62 bits per heavy atom. The van der Waals surface area contributed by atoms with Crippen LogP contribution in [0, 0.1) is 6.92 Å². The third-order valence-electron chi connectivity index (χ3n) is 2.57. The maximum Gasteiger partial charge on any atom is 0.251 e. The summed E-state index contributed by atoms with van der Waals surface area (Å²) in [5, 5.41) is 0. The van der Waals surface area contributed by atoms with Crippen molar-refractivity contribution in [2.45, 2.75) is 13.5 Å². The molecule has 0 bridgehead atoms. The van der Waals surface area contributed by atoms with Crippen molar-refractivity contribution in [3.8, 4) is 0 Å². The molecule has 0 aliphatic carbocycles. The Balaban J connectivity index is 2.36. The van der Waals surface area contributed by atoms with Crippen molar-refractivity contribution in [3.05, 3.63) is 64.1 Å². The highest BCUT2D eigenvalue weighted by molar-refractivity contribution is 5.43. The average molecular weight is 214 g/mol. The second-order valence-corrected chi connectivity index (χ2v) is 3.86. The van der Waals surface area contributed by atoms with Crippen LogP contribution in [0.3, 0.4) is 0 Å². The summed E-state index contributed by atoms with van der Waals surface area (Å²) >= 11 is 0. The summed E-state index contributed by atoms with van der Waals surface area (Å²) in [6, 6.07) is 11.4. The molecule has 0 fully saturated rings. The van der Waals surface area contributed by atoms with Gasteiger partial charge in [0.2, 0.25) is 0 Å². The molecular formula is C13H14N2O. The number of anilines is 1. The Hall–Kier alpha value is -2.03. The largest absolute Gasteiger partial charge is 0.397 e. The minimum atomic E-state index is -0.0180. The maximum absolute atomic E-state index is 11.7. The SMILES string of the molecule is Cc1cc(=O)n(Cc2ccccc2)cc1N. The highest BCUT2D eigenvalue weighted by Crippen LogP contribution is 2.07. The molecule has 0 atom stereocenters. The molecule has 1 aromatic heterocycles. The first kappa shape index (κ1) is 10.5. The first-order chi connectivity index (χ1) is 7.66. The molecule has 3 heteroatoms. The van der Waals surface area contributed by atoms with E-state index in [2.05, 4.69) is 0 Å². The van der Waals surface area contributed by atoms with Crippen LogP contribution in [0.4, 0.5) is 5.69 Å². The fourth-order valence-electron chi connectivity index (χ4n) is 1.59. The molecule has 2 N–H and O–H groups in total. The van der Waals surface area contributed by atoms with Gasteiger partial charge in [-0.25, -0.2) is 0 Å². The van der Waals surface area contributed by atoms with Gasteiger partial charge in [-0.15, -0.1) is 0 Å². The first-order valence-corrected chi connectivity index (χ1v) is 5.17. The molecule has 0 aliphatic rings. The van der Waals surface area contributed by atoms with E-state index in [1.165, 1.54) is 0 Å². The summed E-state index contributed by atoms with van der Waals surface area (Å²) in [5.41, 5.74) is 8.33. The molecule has 0 amide bonds. The number of hydrogen-bond donors (Lipinski definition) is 1. The lowest BCUT2D eigenvalue weighted by atomic mass is 10.2. The zero-order valence-corrected chi connectivity index (χ0v) is 9.18. The third-order valence-corrected chi connectivity index (χ3v) is 2.57. The number of nitrogens with two attached hydrogens (primary N) is 1. The van der Waals surface area contributed by atoms with Gasteiger partial charge in [0, 0.05) is 12.3 Å². The minimum absolute atomic E-state index is 0.0180. The molecule has 0 aliphatic heterocycles. The van der Waals surface area contributed by atoms with Gasteiger partial charge in [0.1, 0.15) is 0 Å².